The number of rotatable bonds is 4. The first-order valence-electron chi connectivity index (χ1n) is 8.15. The normalized spacial score (nSPS) is 10.7. The van der Waals surface area contributed by atoms with E-state index in [0.717, 1.165) is 26.5 Å². The van der Waals surface area contributed by atoms with Crippen molar-refractivity contribution in [2.45, 2.75) is 0 Å². The molecule has 0 saturated carbocycles. The average Bonchev–Trinajstić information content (AvgIpc) is 3.13. The van der Waals surface area contributed by atoms with Crippen LogP contribution in [-0.4, -0.2) is 18.0 Å². The van der Waals surface area contributed by atoms with Gasteiger partial charge < -0.3 is 10.1 Å². The number of anilines is 1. The molecule has 4 aromatic rings. The molecule has 0 aliphatic heterocycles. The van der Waals surface area contributed by atoms with E-state index >= 15 is 0 Å². The zero-order valence-electron chi connectivity index (χ0n) is 14.1. The summed E-state index contributed by atoms with van der Waals surface area (Å²) in [5.41, 5.74) is 3.10. The number of nitrogens with zero attached hydrogens (tertiary/aromatic N) is 1. The van der Waals surface area contributed by atoms with Gasteiger partial charge >= 0.3 is 0 Å². The summed E-state index contributed by atoms with van der Waals surface area (Å²) >= 11 is 1.59. The van der Waals surface area contributed by atoms with Gasteiger partial charge in [-0.25, -0.2) is 4.98 Å². The van der Waals surface area contributed by atoms with Crippen LogP contribution in [0, 0.1) is 0 Å². The molecule has 3 aromatic carbocycles. The second-order valence-electron chi connectivity index (χ2n) is 5.72. The summed E-state index contributed by atoms with van der Waals surface area (Å²) < 4.78 is 6.46. The molecule has 128 valence electrons. The fraction of sp³-hybridized carbons (Fsp3) is 0.0476. The highest BCUT2D eigenvalue weighted by molar-refractivity contribution is 7.21. The highest BCUT2D eigenvalue weighted by Crippen LogP contribution is 2.36. The number of benzene rings is 3. The zero-order chi connectivity index (χ0) is 17.9. The van der Waals surface area contributed by atoms with Gasteiger partial charge in [-0.15, -0.1) is 11.3 Å². The molecule has 0 unspecified atom stereocenters. The highest BCUT2D eigenvalue weighted by atomic mass is 32.1. The Balaban J connectivity index is 1.76. The van der Waals surface area contributed by atoms with Crippen LogP contribution in [0.4, 0.5) is 5.69 Å². The highest BCUT2D eigenvalue weighted by Gasteiger charge is 2.15. The van der Waals surface area contributed by atoms with Gasteiger partial charge in [-0.2, -0.15) is 0 Å². The summed E-state index contributed by atoms with van der Waals surface area (Å²) in [6.07, 6.45) is 0. The summed E-state index contributed by atoms with van der Waals surface area (Å²) in [6.45, 7) is 0. The fourth-order valence-corrected chi connectivity index (χ4v) is 3.70. The Hall–Kier alpha value is -3.18. The summed E-state index contributed by atoms with van der Waals surface area (Å²) in [5.74, 6) is 0.565. The largest absolute Gasteiger partial charge is 0.497 e. The number of aromatic nitrogens is 1. The van der Waals surface area contributed by atoms with E-state index in [9.17, 15) is 4.79 Å². The molecule has 4 rings (SSSR count). The summed E-state index contributed by atoms with van der Waals surface area (Å²) in [7, 11) is 1.62. The van der Waals surface area contributed by atoms with Crippen LogP contribution in [0.5, 0.6) is 5.75 Å². The third-order valence-corrected chi connectivity index (χ3v) is 5.10. The minimum Gasteiger partial charge on any atom is -0.497 e. The molecule has 4 nitrogen and oxygen atoms in total. The number of carbonyl (C=O) groups excluding carboxylic acids is 1. The first-order valence-corrected chi connectivity index (χ1v) is 8.96. The molecular formula is C21H16N2O2S. The van der Waals surface area contributed by atoms with E-state index in [1.54, 1.807) is 30.6 Å². The Bertz CT molecular complexity index is 1040. The van der Waals surface area contributed by atoms with Crippen LogP contribution >= 0.6 is 11.3 Å². The predicted octanol–water partition coefficient (Wildman–Crippen LogP) is 5.22. The van der Waals surface area contributed by atoms with E-state index in [0.29, 0.717) is 11.3 Å². The Morgan fingerprint density at radius 2 is 1.77 bits per heavy atom. The number of para-hydroxylation sites is 1. The first kappa shape index (κ1) is 16.3. The predicted molar refractivity (Wildman–Crippen MR) is 106 cm³/mol. The number of nitrogens with one attached hydrogen (secondary N) is 1. The van der Waals surface area contributed by atoms with Gasteiger partial charge in [0.25, 0.3) is 5.91 Å². The number of amides is 1. The number of methoxy groups -OCH3 is 1. The van der Waals surface area contributed by atoms with E-state index in [1.165, 1.54) is 0 Å². The third kappa shape index (κ3) is 3.17. The smallest absolute Gasteiger partial charge is 0.255 e. The summed E-state index contributed by atoms with van der Waals surface area (Å²) in [6, 6.07) is 22.7. The summed E-state index contributed by atoms with van der Waals surface area (Å²) in [5, 5.41) is 3.83. The maximum absolute atomic E-state index is 12.6. The molecule has 1 amide bonds. The van der Waals surface area contributed by atoms with Crippen LogP contribution in [0.3, 0.4) is 0 Å². The van der Waals surface area contributed by atoms with Crippen molar-refractivity contribution in [2.24, 2.45) is 0 Å². The molecular weight excluding hydrogens is 344 g/mol. The van der Waals surface area contributed by atoms with Crippen molar-refractivity contribution in [1.29, 1.82) is 0 Å². The van der Waals surface area contributed by atoms with Crippen molar-refractivity contribution in [2.75, 3.05) is 12.4 Å². The fourth-order valence-electron chi connectivity index (χ4n) is 2.71. The number of hydrogen-bond donors (Lipinski definition) is 1. The van der Waals surface area contributed by atoms with Gasteiger partial charge in [0.05, 0.1) is 23.0 Å². The Morgan fingerprint density at radius 1 is 1.00 bits per heavy atom. The second kappa shape index (κ2) is 6.98. The quantitative estimate of drug-likeness (QED) is 0.542. The van der Waals surface area contributed by atoms with Crippen molar-refractivity contribution >= 4 is 33.1 Å². The number of fused-ring (bicyclic) bond motifs is 1. The first-order chi connectivity index (χ1) is 12.7. The molecule has 0 bridgehead atoms. The lowest BCUT2D eigenvalue weighted by Gasteiger charge is -2.11. The second-order valence-corrected chi connectivity index (χ2v) is 6.75. The van der Waals surface area contributed by atoms with E-state index in [-0.39, 0.29) is 5.91 Å². The number of thiazole rings is 1. The Morgan fingerprint density at radius 3 is 2.54 bits per heavy atom. The van der Waals surface area contributed by atoms with Crippen molar-refractivity contribution in [3.05, 3.63) is 78.4 Å². The van der Waals surface area contributed by atoms with E-state index in [2.05, 4.69) is 5.32 Å². The minimum atomic E-state index is -0.155. The molecule has 26 heavy (non-hydrogen) atoms. The van der Waals surface area contributed by atoms with Crippen LogP contribution in [0.1, 0.15) is 10.4 Å². The van der Waals surface area contributed by atoms with Gasteiger partial charge in [0.2, 0.25) is 0 Å². The SMILES string of the molecule is COc1ccc(NC(=O)c2ccccc2)c(-c2nc3ccccc3s2)c1. The van der Waals surface area contributed by atoms with E-state index in [4.69, 9.17) is 9.72 Å². The summed E-state index contributed by atoms with van der Waals surface area (Å²) in [4.78, 5) is 17.3. The zero-order valence-corrected chi connectivity index (χ0v) is 14.9. The minimum absolute atomic E-state index is 0.155. The van der Waals surface area contributed by atoms with Gasteiger partial charge in [-0.1, -0.05) is 30.3 Å². The Kier molecular flexibility index (Phi) is 4.37. The number of hydrogen-bond acceptors (Lipinski definition) is 4. The molecule has 1 heterocycles. The van der Waals surface area contributed by atoms with Gasteiger partial charge in [-0.05, 0) is 42.5 Å². The van der Waals surface area contributed by atoms with Crippen LogP contribution in [0.2, 0.25) is 0 Å². The van der Waals surface area contributed by atoms with Crippen LogP contribution in [0.15, 0.2) is 72.8 Å². The van der Waals surface area contributed by atoms with Crippen LogP contribution in [0.25, 0.3) is 20.8 Å². The molecule has 1 aromatic heterocycles. The van der Waals surface area contributed by atoms with E-state index in [1.807, 2.05) is 60.7 Å². The molecule has 0 fully saturated rings. The Labute approximate surface area is 155 Å². The molecule has 1 N–H and O–H groups in total. The number of ether oxygens (including phenoxy) is 1. The van der Waals surface area contributed by atoms with Crippen molar-refractivity contribution in [3.8, 4) is 16.3 Å². The molecule has 0 atom stereocenters. The standard InChI is InChI=1S/C21H16N2O2S/c1-25-15-11-12-17(22-20(24)14-7-3-2-4-8-14)16(13-15)21-23-18-9-5-6-10-19(18)26-21/h2-13H,1H3,(H,22,24). The van der Waals surface area contributed by atoms with Crippen LogP contribution in [-0.2, 0) is 0 Å². The van der Waals surface area contributed by atoms with Gasteiger partial charge in [0, 0.05) is 11.1 Å². The maximum Gasteiger partial charge on any atom is 0.255 e. The molecule has 0 saturated heterocycles. The van der Waals surface area contributed by atoms with E-state index < -0.39 is 0 Å². The number of carbonyl (C=O) groups is 1. The lowest BCUT2D eigenvalue weighted by atomic mass is 10.1. The molecule has 0 aliphatic rings. The third-order valence-electron chi connectivity index (χ3n) is 4.04. The van der Waals surface area contributed by atoms with Crippen molar-refractivity contribution < 1.29 is 9.53 Å². The van der Waals surface area contributed by atoms with Gasteiger partial charge in [0.15, 0.2) is 0 Å². The van der Waals surface area contributed by atoms with Crippen LogP contribution < -0.4 is 10.1 Å². The molecule has 5 heteroatoms. The monoisotopic (exact) mass is 360 g/mol. The average molecular weight is 360 g/mol. The van der Waals surface area contributed by atoms with Crippen molar-refractivity contribution in [3.63, 3.8) is 0 Å². The molecule has 0 spiro atoms. The lowest BCUT2D eigenvalue weighted by Crippen LogP contribution is -2.12. The molecule has 0 aliphatic carbocycles. The topological polar surface area (TPSA) is 51.2 Å². The van der Waals surface area contributed by atoms with Gasteiger partial charge in [-0.3, -0.25) is 4.79 Å². The lowest BCUT2D eigenvalue weighted by molar-refractivity contribution is 0.102. The maximum atomic E-state index is 12.6. The van der Waals surface area contributed by atoms with Gasteiger partial charge in [0.1, 0.15) is 10.8 Å². The molecule has 0 radical (unpaired) electrons. The van der Waals surface area contributed by atoms with Crippen molar-refractivity contribution in [1.82, 2.24) is 4.98 Å².